The van der Waals surface area contributed by atoms with Gasteiger partial charge in [-0.25, -0.2) is 4.79 Å². The number of ether oxygens (including phenoxy) is 4. The van der Waals surface area contributed by atoms with Crippen molar-refractivity contribution in [2.45, 2.75) is 19.9 Å². The SMILES string of the molecule is CCOc1ccc(/C=C/C(=O)OCC(=O)N[C@H](C)c2ccc3c(c2)OCCO3)cc1. The maximum absolute atomic E-state index is 12.1. The molecule has 2 aromatic carbocycles. The molecular weight excluding hydrogens is 386 g/mol. The third kappa shape index (κ3) is 6.01. The normalized spacial score (nSPS) is 13.5. The van der Waals surface area contributed by atoms with Crippen molar-refractivity contribution in [3.8, 4) is 17.2 Å². The topological polar surface area (TPSA) is 83.1 Å². The van der Waals surface area contributed by atoms with Gasteiger partial charge in [0.25, 0.3) is 5.91 Å². The van der Waals surface area contributed by atoms with Gasteiger partial charge < -0.3 is 24.3 Å². The number of benzene rings is 2. The van der Waals surface area contributed by atoms with Crippen LogP contribution in [0.1, 0.15) is 31.0 Å². The van der Waals surface area contributed by atoms with Crippen LogP contribution in [0.5, 0.6) is 17.2 Å². The minimum atomic E-state index is -0.592. The van der Waals surface area contributed by atoms with Gasteiger partial charge in [-0.3, -0.25) is 4.79 Å². The highest BCUT2D eigenvalue weighted by atomic mass is 16.6. The number of carbonyl (C=O) groups is 2. The lowest BCUT2D eigenvalue weighted by molar-refractivity contribution is -0.144. The molecule has 1 atom stereocenters. The molecule has 1 heterocycles. The standard InChI is InChI=1S/C23H25NO6/c1-3-27-19-8-4-17(5-9-19)6-11-23(26)30-15-22(25)24-16(2)18-7-10-20-21(14-18)29-13-12-28-20/h4-11,14,16H,3,12-13,15H2,1-2H3,(H,24,25)/b11-6+/t16-/m1/s1. The van der Waals surface area contributed by atoms with E-state index in [-0.39, 0.29) is 18.6 Å². The number of esters is 1. The Morgan fingerprint density at radius 3 is 2.57 bits per heavy atom. The van der Waals surface area contributed by atoms with Gasteiger partial charge in [0.05, 0.1) is 12.6 Å². The van der Waals surface area contributed by atoms with Crippen LogP contribution < -0.4 is 19.5 Å². The molecule has 7 nitrogen and oxygen atoms in total. The molecule has 0 bridgehead atoms. The Morgan fingerprint density at radius 1 is 1.10 bits per heavy atom. The van der Waals surface area contributed by atoms with E-state index in [4.69, 9.17) is 18.9 Å². The van der Waals surface area contributed by atoms with Gasteiger partial charge in [0.15, 0.2) is 18.1 Å². The molecule has 1 aliphatic rings. The molecule has 0 fully saturated rings. The quantitative estimate of drug-likeness (QED) is 0.530. The predicted octanol–water partition coefficient (Wildman–Crippen LogP) is 3.29. The Kier molecular flexibility index (Phi) is 7.32. The molecule has 0 aromatic heterocycles. The minimum Gasteiger partial charge on any atom is -0.494 e. The number of nitrogens with one attached hydrogen (secondary N) is 1. The van der Waals surface area contributed by atoms with Crippen LogP contribution in [0.2, 0.25) is 0 Å². The van der Waals surface area contributed by atoms with Crippen molar-refractivity contribution in [2.75, 3.05) is 26.4 Å². The second kappa shape index (κ2) is 10.3. The number of carbonyl (C=O) groups excluding carboxylic acids is 2. The molecule has 158 valence electrons. The lowest BCUT2D eigenvalue weighted by Gasteiger charge is -2.21. The highest BCUT2D eigenvalue weighted by molar-refractivity contribution is 5.89. The second-order valence-corrected chi connectivity index (χ2v) is 6.64. The molecule has 1 aliphatic heterocycles. The molecule has 7 heteroatoms. The smallest absolute Gasteiger partial charge is 0.331 e. The first-order valence-corrected chi connectivity index (χ1v) is 9.81. The summed E-state index contributed by atoms with van der Waals surface area (Å²) < 4.78 is 21.4. The number of amides is 1. The Morgan fingerprint density at radius 2 is 1.83 bits per heavy atom. The van der Waals surface area contributed by atoms with Crippen LogP contribution in [-0.2, 0) is 14.3 Å². The van der Waals surface area contributed by atoms with E-state index in [0.717, 1.165) is 16.9 Å². The summed E-state index contributed by atoms with van der Waals surface area (Å²) >= 11 is 0. The first-order chi connectivity index (χ1) is 14.5. The molecule has 1 N–H and O–H groups in total. The van der Waals surface area contributed by atoms with Gasteiger partial charge in [-0.05, 0) is 55.3 Å². The molecular formula is C23H25NO6. The summed E-state index contributed by atoms with van der Waals surface area (Å²) in [7, 11) is 0. The van der Waals surface area contributed by atoms with Crippen molar-refractivity contribution in [1.29, 1.82) is 0 Å². The van der Waals surface area contributed by atoms with Crippen molar-refractivity contribution in [3.05, 3.63) is 59.7 Å². The van der Waals surface area contributed by atoms with E-state index < -0.39 is 5.97 Å². The van der Waals surface area contributed by atoms with Crippen LogP contribution in [0.25, 0.3) is 6.08 Å². The zero-order valence-corrected chi connectivity index (χ0v) is 17.1. The summed E-state index contributed by atoms with van der Waals surface area (Å²) in [4.78, 5) is 24.0. The Bertz CT molecular complexity index is 906. The van der Waals surface area contributed by atoms with E-state index in [1.165, 1.54) is 6.08 Å². The van der Waals surface area contributed by atoms with Crippen molar-refractivity contribution < 1.29 is 28.5 Å². The van der Waals surface area contributed by atoms with Crippen LogP contribution in [-0.4, -0.2) is 38.3 Å². The van der Waals surface area contributed by atoms with E-state index in [1.807, 2.05) is 56.3 Å². The fraction of sp³-hybridized carbons (Fsp3) is 0.304. The minimum absolute atomic E-state index is 0.272. The van der Waals surface area contributed by atoms with E-state index in [2.05, 4.69) is 5.32 Å². The van der Waals surface area contributed by atoms with E-state index in [0.29, 0.717) is 31.3 Å². The Balaban J connectivity index is 1.45. The number of hydrogen-bond acceptors (Lipinski definition) is 6. The van der Waals surface area contributed by atoms with Crippen molar-refractivity contribution in [3.63, 3.8) is 0 Å². The second-order valence-electron chi connectivity index (χ2n) is 6.64. The van der Waals surface area contributed by atoms with E-state index in [1.54, 1.807) is 6.08 Å². The average Bonchev–Trinajstić information content (AvgIpc) is 2.77. The van der Waals surface area contributed by atoms with Crippen LogP contribution in [0.3, 0.4) is 0 Å². The lowest BCUT2D eigenvalue weighted by atomic mass is 10.1. The summed E-state index contributed by atoms with van der Waals surface area (Å²) in [6.45, 7) is 5.01. The first-order valence-electron chi connectivity index (χ1n) is 9.81. The van der Waals surface area contributed by atoms with Crippen molar-refractivity contribution >= 4 is 18.0 Å². The molecule has 0 spiro atoms. The van der Waals surface area contributed by atoms with Gasteiger partial charge >= 0.3 is 5.97 Å². The average molecular weight is 411 g/mol. The van der Waals surface area contributed by atoms with E-state index >= 15 is 0 Å². The fourth-order valence-corrected chi connectivity index (χ4v) is 2.89. The molecule has 30 heavy (non-hydrogen) atoms. The maximum Gasteiger partial charge on any atom is 0.331 e. The molecule has 0 unspecified atom stereocenters. The monoisotopic (exact) mass is 411 g/mol. The van der Waals surface area contributed by atoms with Crippen LogP contribution >= 0.6 is 0 Å². The molecule has 0 saturated carbocycles. The summed E-state index contributed by atoms with van der Waals surface area (Å²) in [5.74, 6) is 1.13. The Labute approximate surface area is 175 Å². The fourth-order valence-electron chi connectivity index (χ4n) is 2.89. The zero-order valence-electron chi connectivity index (χ0n) is 17.1. The maximum atomic E-state index is 12.1. The lowest BCUT2D eigenvalue weighted by Crippen LogP contribution is -2.31. The van der Waals surface area contributed by atoms with Gasteiger partial charge in [-0.1, -0.05) is 18.2 Å². The molecule has 0 aliphatic carbocycles. The molecule has 3 rings (SSSR count). The first kappa shape index (κ1) is 21.2. The van der Waals surface area contributed by atoms with Crippen LogP contribution in [0, 0.1) is 0 Å². The summed E-state index contributed by atoms with van der Waals surface area (Å²) in [6, 6.07) is 12.6. The van der Waals surface area contributed by atoms with Crippen molar-refractivity contribution in [2.24, 2.45) is 0 Å². The third-order valence-electron chi connectivity index (χ3n) is 4.39. The Hall–Kier alpha value is -3.48. The number of hydrogen-bond donors (Lipinski definition) is 1. The number of rotatable bonds is 8. The predicted molar refractivity (Wildman–Crippen MR) is 112 cm³/mol. The van der Waals surface area contributed by atoms with Gasteiger partial charge in [-0.2, -0.15) is 0 Å². The highest BCUT2D eigenvalue weighted by Gasteiger charge is 2.16. The molecule has 1 amide bonds. The zero-order chi connectivity index (χ0) is 21.3. The van der Waals surface area contributed by atoms with Crippen molar-refractivity contribution in [1.82, 2.24) is 5.32 Å². The summed E-state index contributed by atoms with van der Waals surface area (Å²) in [5, 5.41) is 2.80. The molecule has 0 saturated heterocycles. The van der Waals surface area contributed by atoms with Crippen LogP contribution in [0.15, 0.2) is 48.5 Å². The van der Waals surface area contributed by atoms with Gasteiger partial charge in [-0.15, -0.1) is 0 Å². The highest BCUT2D eigenvalue weighted by Crippen LogP contribution is 2.32. The summed E-state index contributed by atoms with van der Waals surface area (Å²) in [5.41, 5.74) is 1.70. The number of fused-ring (bicyclic) bond motifs is 1. The van der Waals surface area contributed by atoms with Gasteiger partial charge in [0, 0.05) is 6.08 Å². The van der Waals surface area contributed by atoms with Gasteiger partial charge in [0.2, 0.25) is 0 Å². The largest absolute Gasteiger partial charge is 0.494 e. The third-order valence-corrected chi connectivity index (χ3v) is 4.39. The molecule has 2 aromatic rings. The van der Waals surface area contributed by atoms with E-state index in [9.17, 15) is 9.59 Å². The van der Waals surface area contributed by atoms with Gasteiger partial charge in [0.1, 0.15) is 19.0 Å². The molecule has 0 radical (unpaired) electrons. The van der Waals surface area contributed by atoms with Crippen LogP contribution in [0.4, 0.5) is 0 Å². The summed E-state index contributed by atoms with van der Waals surface area (Å²) in [6.07, 6.45) is 2.90.